The van der Waals surface area contributed by atoms with Crippen molar-refractivity contribution in [3.8, 4) is 5.75 Å². The number of methoxy groups -OCH3 is 1. The van der Waals surface area contributed by atoms with E-state index in [1.807, 2.05) is 36.4 Å². The molecule has 3 nitrogen and oxygen atoms in total. The second-order valence-corrected chi connectivity index (χ2v) is 7.58. The maximum atomic E-state index is 12.6. The average molecular weight is 435 g/mol. The number of hydrogen-bond donors (Lipinski definition) is 1. The molecule has 1 N–H and O–H groups in total. The lowest BCUT2D eigenvalue weighted by Gasteiger charge is -2.34. The minimum absolute atomic E-state index is 0.0196. The van der Waals surface area contributed by atoms with Gasteiger partial charge in [-0.15, -0.1) is 0 Å². The maximum Gasteiger partial charge on any atom is 0.251 e. The van der Waals surface area contributed by atoms with Crippen molar-refractivity contribution >= 4 is 28.5 Å². The molecule has 0 aliphatic heterocycles. The van der Waals surface area contributed by atoms with Gasteiger partial charge in [0.15, 0.2) is 0 Å². The highest BCUT2D eigenvalue weighted by molar-refractivity contribution is 14.1. The van der Waals surface area contributed by atoms with E-state index in [0.29, 0.717) is 5.92 Å². The summed E-state index contributed by atoms with van der Waals surface area (Å²) in [5.74, 6) is 1.46. The fourth-order valence-corrected chi connectivity index (χ4v) is 3.44. The number of halogens is 1. The molecule has 1 amide bonds. The Labute approximate surface area is 156 Å². The van der Waals surface area contributed by atoms with E-state index in [4.69, 9.17) is 4.74 Å². The number of carbonyl (C=O) groups is 1. The Morgan fingerprint density at radius 2 is 2.00 bits per heavy atom. The van der Waals surface area contributed by atoms with E-state index in [0.717, 1.165) is 21.3 Å². The Hall–Kier alpha value is -1.56. The van der Waals surface area contributed by atoms with Crippen LogP contribution in [0.1, 0.15) is 35.2 Å². The molecular weight excluding hydrogens is 413 g/mol. The molecule has 0 radical (unpaired) electrons. The highest BCUT2D eigenvalue weighted by atomic mass is 127. The molecule has 0 unspecified atom stereocenters. The van der Waals surface area contributed by atoms with E-state index in [-0.39, 0.29) is 11.9 Å². The van der Waals surface area contributed by atoms with Crippen molar-refractivity contribution in [2.75, 3.05) is 7.11 Å². The van der Waals surface area contributed by atoms with Gasteiger partial charge in [0.05, 0.1) is 7.11 Å². The predicted molar refractivity (Wildman–Crippen MR) is 104 cm³/mol. The third-order valence-corrected chi connectivity index (χ3v) is 5.45. The standard InChI is InChI=1S/C20H22INO2/c1-24-18-7-2-4-14(12-18)13-19(15-5-3-6-15)22-20(23)16-8-10-17(21)11-9-16/h2,4,7-12,15,19H,3,5-6,13H2,1H3,(H,22,23)/t19-/m1/s1. The largest absolute Gasteiger partial charge is 0.497 e. The van der Waals surface area contributed by atoms with E-state index in [1.165, 1.54) is 24.8 Å². The van der Waals surface area contributed by atoms with E-state index in [9.17, 15) is 4.79 Å². The third-order valence-electron chi connectivity index (χ3n) is 4.73. The lowest BCUT2D eigenvalue weighted by atomic mass is 9.77. The van der Waals surface area contributed by atoms with E-state index < -0.39 is 0 Å². The number of carbonyl (C=O) groups excluding carboxylic acids is 1. The SMILES string of the molecule is COc1cccc(C[C@@H](NC(=O)c2ccc(I)cc2)C2CCC2)c1. The van der Waals surface area contributed by atoms with Gasteiger partial charge in [-0.3, -0.25) is 4.79 Å². The smallest absolute Gasteiger partial charge is 0.251 e. The van der Waals surface area contributed by atoms with Crippen LogP contribution in [0.5, 0.6) is 5.75 Å². The lowest BCUT2D eigenvalue weighted by Crippen LogP contribution is -2.44. The van der Waals surface area contributed by atoms with E-state index in [1.54, 1.807) is 7.11 Å². The lowest BCUT2D eigenvalue weighted by molar-refractivity contribution is 0.0901. The fraction of sp³-hybridized carbons (Fsp3) is 0.350. The van der Waals surface area contributed by atoms with Crippen LogP contribution in [0.25, 0.3) is 0 Å². The summed E-state index contributed by atoms with van der Waals surface area (Å²) in [5.41, 5.74) is 1.93. The van der Waals surface area contributed by atoms with Crippen LogP contribution in [0.15, 0.2) is 48.5 Å². The summed E-state index contributed by atoms with van der Waals surface area (Å²) in [7, 11) is 1.68. The molecule has 4 heteroatoms. The van der Waals surface area contributed by atoms with Crippen LogP contribution >= 0.6 is 22.6 Å². The molecule has 24 heavy (non-hydrogen) atoms. The Balaban J connectivity index is 1.71. The van der Waals surface area contributed by atoms with Crippen LogP contribution in [0.3, 0.4) is 0 Å². The first kappa shape index (κ1) is 17.3. The number of nitrogens with one attached hydrogen (secondary N) is 1. The van der Waals surface area contributed by atoms with Gasteiger partial charge >= 0.3 is 0 Å². The first-order chi connectivity index (χ1) is 11.7. The Kier molecular flexibility index (Phi) is 5.76. The summed E-state index contributed by atoms with van der Waals surface area (Å²) in [6.07, 6.45) is 4.50. The molecule has 0 aromatic heterocycles. The zero-order valence-electron chi connectivity index (χ0n) is 13.8. The minimum Gasteiger partial charge on any atom is -0.497 e. The van der Waals surface area contributed by atoms with Crippen molar-refractivity contribution in [1.29, 1.82) is 0 Å². The topological polar surface area (TPSA) is 38.3 Å². The molecule has 0 heterocycles. The molecule has 126 valence electrons. The summed E-state index contributed by atoms with van der Waals surface area (Å²) in [4.78, 5) is 12.6. The monoisotopic (exact) mass is 435 g/mol. The molecule has 2 aromatic carbocycles. The van der Waals surface area contributed by atoms with Crippen molar-refractivity contribution in [2.24, 2.45) is 5.92 Å². The van der Waals surface area contributed by atoms with Crippen molar-refractivity contribution in [1.82, 2.24) is 5.32 Å². The summed E-state index contributed by atoms with van der Waals surface area (Å²) < 4.78 is 6.45. The molecule has 0 spiro atoms. The van der Waals surface area contributed by atoms with Crippen LogP contribution in [0.2, 0.25) is 0 Å². The Morgan fingerprint density at radius 1 is 1.25 bits per heavy atom. The Morgan fingerprint density at radius 3 is 2.62 bits per heavy atom. The summed E-state index contributed by atoms with van der Waals surface area (Å²) >= 11 is 2.25. The highest BCUT2D eigenvalue weighted by Gasteiger charge is 2.29. The van der Waals surface area contributed by atoms with Crippen molar-refractivity contribution in [3.63, 3.8) is 0 Å². The molecule has 1 aliphatic carbocycles. The normalized spacial score (nSPS) is 15.4. The summed E-state index contributed by atoms with van der Waals surface area (Å²) in [5, 5.41) is 3.26. The quantitative estimate of drug-likeness (QED) is 0.682. The van der Waals surface area contributed by atoms with Gasteiger partial charge in [0.2, 0.25) is 0 Å². The van der Waals surface area contributed by atoms with Gasteiger partial charge in [0, 0.05) is 15.2 Å². The third kappa shape index (κ3) is 4.29. The summed E-state index contributed by atoms with van der Waals surface area (Å²) in [6, 6.07) is 16.0. The van der Waals surface area contributed by atoms with Crippen molar-refractivity contribution < 1.29 is 9.53 Å². The molecular formula is C20H22INO2. The van der Waals surface area contributed by atoms with Gasteiger partial charge in [-0.2, -0.15) is 0 Å². The number of amides is 1. The van der Waals surface area contributed by atoms with E-state index >= 15 is 0 Å². The highest BCUT2D eigenvalue weighted by Crippen LogP contribution is 2.31. The molecule has 1 atom stereocenters. The van der Waals surface area contributed by atoms with E-state index in [2.05, 4.69) is 40.0 Å². The maximum absolute atomic E-state index is 12.6. The van der Waals surface area contributed by atoms with Gasteiger partial charge < -0.3 is 10.1 Å². The summed E-state index contributed by atoms with van der Waals surface area (Å²) in [6.45, 7) is 0. The zero-order chi connectivity index (χ0) is 16.9. The molecule has 3 rings (SSSR count). The number of rotatable bonds is 6. The minimum atomic E-state index is 0.0196. The number of hydrogen-bond acceptors (Lipinski definition) is 2. The first-order valence-electron chi connectivity index (χ1n) is 8.35. The predicted octanol–water partition coefficient (Wildman–Crippen LogP) is 4.44. The number of benzene rings is 2. The second kappa shape index (κ2) is 8.01. The molecule has 0 saturated heterocycles. The second-order valence-electron chi connectivity index (χ2n) is 6.33. The van der Waals surface area contributed by atoms with Crippen molar-refractivity contribution in [2.45, 2.75) is 31.7 Å². The van der Waals surface area contributed by atoms with Gasteiger partial charge in [0.25, 0.3) is 5.91 Å². The molecule has 0 bridgehead atoms. The first-order valence-corrected chi connectivity index (χ1v) is 9.43. The molecule has 2 aromatic rings. The molecule has 1 fully saturated rings. The van der Waals surface area contributed by atoms with Gasteiger partial charge in [-0.25, -0.2) is 0 Å². The molecule has 1 saturated carbocycles. The number of ether oxygens (including phenoxy) is 1. The van der Waals surface area contributed by atoms with Crippen LogP contribution in [-0.2, 0) is 6.42 Å². The van der Waals surface area contributed by atoms with Crippen LogP contribution in [0, 0.1) is 9.49 Å². The fourth-order valence-electron chi connectivity index (χ4n) is 3.08. The van der Waals surface area contributed by atoms with Crippen LogP contribution < -0.4 is 10.1 Å². The average Bonchev–Trinajstić information content (AvgIpc) is 2.54. The Bertz CT molecular complexity index is 695. The van der Waals surface area contributed by atoms with Crippen molar-refractivity contribution in [3.05, 3.63) is 63.2 Å². The zero-order valence-corrected chi connectivity index (χ0v) is 16.0. The van der Waals surface area contributed by atoms with Crippen LogP contribution in [-0.4, -0.2) is 19.1 Å². The van der Waals surface area contributed by atoms with Gasteiger partial charge in [-0.1, -0.05) is 18.6 Å². The van der Waals surface area contributed by atoms with Crippen LogP contribution in [0.4, 0.5) is 0 Å². The van der Waals surface area contributed by atoms with Gasteiger partial charge in [0.1, 0.15) is 5.75 Å². The van der Waals surface area contributed by atoms with Gasteiger partial charge in [-0.05, 0) is 89.7 Å². The molecule has 1 aliphatic rings.